The van der Waals surface area contributed by atoms with Crippen LogP contribution in [0.4, 0.5) is 4.39 Å². The molecule has 1 aliphatic rings. The molecule has 3 nitrogen and oxygen atoms in total. The Hall–Kier alpha value is -1.46. The van der Waals surface area contributed by atoms with E-state index in [4.69, 9.17) is 15.5 Å². The lowest BCUT2D eigenvalue weighted by Gasteiger charge is -2.18. The molecule has 1 fully saturated rings. The van der Waals surface area contributed by atoms with Gasteiger partial charge in [-0.2, -0.15) is 0 Å². The number of hydrogen-bond acceptors (Lipinski definition) is 4. The molecular formula is C17H21FN2OS. The number of nitrogens with two attached hydrogens (primary N) is 1. The number of ether oxygens (including phenoxy) is 1. The van der Waals surface area contributed by atoms with Gasteiger partial charge in [0.1, 0.15) is 18.2 Å². The third kappa shape index (κ3) is 3.65. The highest BCUT2D eigenvalue weighted by Crippen LogP contribution is 2.37. The Balaban J connectivity index is 1.73. The van der Waals surface area contributed by atoms with Gasteiger partial charge in [0.25, 0.3) is 0 Å². The van der Waals surface area contributed by atoms with E-state index in [0.29, 0.717) is 11.7 Å². The molecule has 1 aliphatic carbocycles. The highest BCUT2D eigenvalue weighted by molar-refractivity contribution is 7.18. The van der Waals surface area contributed by atoms with Gasteiger partial charge < -0.3 is 10.5 Å². The van der Waals surface area contributed by atoms with Crippen molar-refractivity contribution in [2.24, 2.45) is 5.73 Å². The second kappa shape index (κ2) is 7.20. The van der Waals surface area contributed by atoms with Crippen LogP contribution in [0.15, 0.2) is 30.1 Å². The van der Waals surface area contributed by atoms with Crippen LogP contribution >= 0.6 is 11.3 Å². The van der Waals surface area contributed by atoms with Crippen LogP contribution in [0.2, 0.25) is 0 Å². The molecule has 0 saturated heterocycles. The number of hydrogen-bond donors (Lipinski definition) is 1. The summed E-state index contributed by atoms with van der Waals surface area (Å²) in [5, 5.41) is 1.24. The molecule has 1 heterocycles. The maximum absolute atomic E-state index is 13.3. The first kappa shape index (κ1) is 15.4. The van der Waals surface area contributed by atoms with Crippen LogP contribution in [0.5, 0.6) is 5.75 Å². The Morgan fingerprint density at radius 2 is 2.18 bits per heavy atom. The maximum Gasteiger partial charge on any atom is 0.139 e. The summed E-state index contributed by atoms with van der Waals surface area (Å²) in [6, 6.07) is 5.79. The molecular weight excluding hydrogens is 299 g/mol. The van der Waals surface area contributed by atoms with E-state index in [0.717, 1.165) is 5.52 Å². The summed E-state index contributed by atoms with van der Waals surface area (Å²) in [6.45, 7) is 0.105. The van der Waals surface area contributed by atoms with Gasteiger partial charge in [-0.25, -0.2) is 9.37 Å². The minimum Gasteiger partial charge on any atom is -0.486 e. The molecule has 1 aromatic heterocycles. The van der Waals surface area contributed by atoms with E-state index in [1.807, 2.05) is 18.2 Å². The molecule has 2 aromatic rings. The molecule has 0 bridgehead atoms. The summed E-state index contributed by atoms with van der Waals surface area (Å²) in [6.07, 6.45) is 7.78. The standard InChI is InChI=1S/C17H21FN2OS/c18-13(8-9-19)11-21-14-6-7-16-15(10-14)20-17(22-16)12-4-2-1-3-5-12/h6-8,10,12H,1-5,9,11,19H2/b13-8+. The lowest BCUT2D eigenvalue weighted by molar-refractivity contribution is 0.318. The fraction of sp³-hybridized carbons (Fsp3) is 0.471. The normalized spacial score (nSPS) is 17.1. The van der Waals surface area contributed by atoms with Gasteiger partial charge >= 0.3 is 0 Å². The second-order valence-corrected chi connectivity index (χ2v) is 6.75. The van der Waals surface area contributed by atoms with Crippen molar-refractivity contribution in [2.45, 2.75) is 38.0 Å². The number of fused-ring (bicyclic) bond motifs is 1. The minimum absolute atomic E-state index is 0.0810. The summed E-state index contributed by atoms with van der Waals surface area (Å²) < 4.78 is 19.9. The summed E-state index contributed by atoms with van der Waals surface area (Å²) >= 11 is 1.78. The first-order valence-corrected chi connectivity index (χ1v) is 8.66. The minimum atomic E-state index is -0.344. The van der Waals surface area contributed by atoms with Crippen LogP contribution in [0.25, 0.3) is 10.2 Å². The van der Waals surface area contributed by atoms with Crippen molar-refractivity contribution in [1.82, 2.24) is 4.98 Å². The Morgan fingerprint density at radius 3 is 2.95 bits per heavy atom. The zero-order valence-electron chi connectivity index (χ0n) is 12.6. The number of rotatable bonds is 5. The molecule has 118 valence electrons. The van der Waals surface area contributed by atoms with Crippen LogP contribution in [0.1, 0.15) is 43.0 Å². The van der Waals surface area contributed by atoms with Gasteiger partial charge in [-0.3, -0.25) is 0 Å². The van der Waals surface area contributed by atoms with Crippen LogP contribution in [-0.4, -0.2) is 18.1 Å². The summed E-state index contributed by atoms with van der Waals surface area (Å²) in [5.74, 6) is 0.915. The Bertz CT molecular complexity index is 662. The molecule has 2 N–H and O–H groups in total. The molecule has 0 amide bonds. The summed E-state index contributed by atoms with van der Waals surface area (Å²) in [7, 11) is 0. The molecule has 22 heavy (non-hydrogen) atoms. The van der Waals surface area contributed by atoms with Gasteiger partial charge in [0.05, 0.1) is 15.2 Å². The molecule has 0 unspecified atom stereocenters. The largest absolute Gasteiger partial charge is 0.486 e. The zero-order valence-corrected chi connectivity index (χ0v) is 13.4. The Morgan fingerprint density at radius 1 is 1.36 bits per heavy atom. The van der Waals surface area contributed by atoms with E-state index in [1.165, 1.54) is 47.9 Å². The molecule has 0 aliphatic heterocycles. The van der Waals surface area contributed by atoms with Crippen LogP contribution in [0, 0.1) is 0 Å². The SMILES string of the molecule is NC/C=C(/F)COc1ccc2sc(C3CCCCC3)nc2c1. The average Bonchev–Trinajstić information content (AvgIpc) is 2.97. The molecule has 5 heteroatoms. The van der Waals surface area contributed by atoms with E-state index in [-0.39, 0.29) is 19.0 Å². The number of nitrogens with zero attached hydrogens (tertiary/aromatic N) is 1. The van der Waals surface area contributed by atoms with Gasteiger partial charge in [0, 0.05) is 18.5 Å². The van der Waals surface area contributed by atoms with Gasteiger partial charge in [-0.15, -0.1) is 11.3 Å². The van der Waals surface area contributed by atoms with E-state index >= 15 is 0 Å². The topological polar surface area (TPSA) is 48.1 Å². The van der Waals surface area contributed by atoms with E-state index in [1.54, 1.807) is 11.3 Å². The third-order valence-corrected chi connectivity index (χ3v) is 5.24. The molecule has 0 spiro atoms. The van der Waals surface area contributed by atoms with Crippen molar-refractivity contribution in [3.63, 3.8) is 0 Å². The molecule has 0 radical (unpaired) electrons. The van der Waals surface area contributed by atoms with Gasteiger partial charge in [0.2, 0.25) is 0 Å². The fourth-order valence-electron chi connectivity index (χ4n) is 2.88. The highest BCUT2D eigenvalue weighted by atomic mass is 32.1. The zero-order chi connectivity index (χ0) is 15.4. The van der Waals surface area contributed by atoms with Crippen molar-refractivity contribution in [3.05, 3.63) is 35.1 Å². The summed E-state index contributed by atoms with van der Waals surface area (Å²) in [4.78, 5) is 4.77. The third-order valence-electron chi connectivity index (χ3n) is 4.05. The number of halogens is 1. The van der Waals surface area contributed by atoms with Gasteiger partial charge in [-0.05, 0) is 31.1 Å². The lowest BCUT2D eigenvalue weighted by Crippen LogP contribution is -2.03. The van der Waals surface area contributed by atoms with Crippen LogP contribution < -0.4 is 10.5 Å². The second-order valence-electron chi connectivity index (χ2n) is 5.69. The monoisotopic (exact) mass is 320 g/mol. The van der Waals surface area contributed by atoms with E-state index < -0.39 is 0 Å². The summed E-state index contributed by atoms with van der Waals surface area (Å²) in [5.41, 5.74) is 6.22. The van der Waals surface area contributed by atoms with Crippen LogP contribution in [0.3, 0.4) is 0 Å². The van der Waals surface area contributed by atoms with Crippen LogP contribution in [-0.2, 0) is 0 Å². The molecule has 1 aromatic carbocycles. The maximum atomic E-state index is 13.3. The Labute approximate surface area is 134 Å². The highest BCUT2D eigenvalue weighted by Gasteiger charge is 2.19. The van der Waals surface area contributed by atoms with Gasteiger partial charge in [0.15, 0.2) is 0 Å². The smallest absolute Gasteiger partial charge is 0.139 e. The van der Waals surface area contributed by atoms with E-state index in [2.05, 4.69) is 0 Å². The Kier molecular flexibility index (Phi) is 5.05. The number of benzene rings is 1. The van der Waals surface area contributed by atoms with Crippen molar-refractivity contribution < 1.29 is 9.13 Å². The molecule has 3 rings (SSSR count). The van der Waals surface area contributed by atoms with Crippen molar-refractivity contribution in [2.75, 3.05) is 13.2 Å². The lowest BCUT2D eigenvalue weighted by atomic mass is 9.90. The van der Waals surface area contributed by atoms with Crippen molar-refractivity contribution in [1.29, 1.82) is 0 Å². The predicted octanol–water partition coefficient (Wildman–Crippen LogP) is 4.53. The number of thiazole rings is 1. The van der Waals surface area contributed by atoms with Crippen molar-refractivity contribution in [3.8, 4) is 5.75 Å². The fourth-order valence-corrected chi connectivity index (χ4v) is 3.99. The average molecular weight is 320 g/mol. The van der Waals surface area contributed by atoms with Gasteiger partial charge in [-0.1, -0.05) is 19.3 Å². The molecule has 0 atom stereocenters. The van der Waals surface area contributed by atoms with Crippen molar-refractivity contribution >= 4 is 21.6 Å². The first-order valence-electron chi connectivity index (χ1n) is 7.84. The number of aromatic nitrogens is 1. The van der Waals surface area contributed by atoms with E-state index in [9.17, 15) is 4.39 Å². The molecule has 1 saturated carbocycles. The predicted molar refractivity (Wildman–Crippen MR) is 89.2 cm³/mol. The quantitative estimate of drug-likeness (QED) is 0.880. The first-order chi connectivity index (χ1) is 10.8.